The van der Waals surface area contributed by atoms with Gasteiger partial charge in [-0.1, -0.05) is 6.08 Å². The Morgan fingerprint density at radius 3 is 2.78 bits per heavy atom. The monoisotopic (exact) mass is 132 g/mol. The maximum atomic E-state index is 12.2. The van der Waals surface area contributed by atoms with Crippen LogP contribution in [0.3, 0.4) is 0 Å². The molecule has 0 amide bonds. The number of rotatable bonds is 5. The molecule has 0 saturated carbocycles. The Labute approximate surface area is 55.2 Å². The van der Waals surface area contributed by atoms with Gasteiger partial charge in [-0.15, -0.1) is 6.58 Å². The molecular formula is C7H13FO. The fraction of sp³-hybridized carbons (Fsp3) is 0.714. The molecule has 0 radical (unpaired) electrons. The van der Waals surface area contributed by atoms with Crippen LogP contribution < -0.4 is 0 Å². The highest BCUT2D eigenvalue weighted by molar-refractivity contribution is 4.67. The highest BCUT2D eigenvalue weighted by Crippen LogP contribution is 2.03. The van der Waals surface area contributed by atoms with Crippen molar-refractivity contribution in [2.45, 2.75) is 25.4 Å². The number of aliphatic hydroxyl groups excluding tert-OH is 1. The summed E-state index contributed by atoms with van der Waals surface area (Å²) >= 11 is 0. The van der Waals surface area contributed by atoms with Crippen LogP contribution in [0.2, 0.25) is 0 Å². The van der Waals surface area contributed by atoms with E-state index in [1.54, 1.807) is 6.08 Å². The van der Waals surface area contributed by atoms with Crippen molar-refractivity contribution in [1.82, 2.24) is 0 Å². The summed E-state index contributed by atoms with van der Waals surface area (Å²) in [6, 6.07) is 0. The van der Waals surface area contributed by atoms with Crippen molar-refractivity contribution >= 4 is 0 Å². The van der Waals surface area contributed by atoms with Gasteiger partial charge in [0.25, 0.3) is 0 Å². The lowest BCUT2D eigenvalue weighted by Gasteiger charge is -2.00. The number of hydrogen-bond donors (Lipinski definition) is 1. The van der Waals surface area contributed by atoms with Crippen molar-refractivity contribution in [2.24, 2.45) is 0 Å². The van der Waals surface area contributed by atoms with E-state index >= 15 is 0 Å². The maximum Gasteiger partial charge on any atom is 0.123 e. The third-order valence-corrected chi connectivity index (χ3v) is 1.12. The van der Waals surface area contributed by atoms with Crippen LogP contribution in [0.5, 0.6) is 0 Å². The molecule has 0 aromatic heterocycles. The predicted octanol–water partition coefficient (Wildman–Crippen LogP) is 1.67. The van der Waals surface area contributed by atoms with Gasteiger partial charge in [0, 0.05) is 0 Å². The molecule has 0 aromatic rings. The SMILES string of the molecule is C=CCCC[C@H](F)CO. The van der Waals surface area contributed by atoms with Gasteiger partial charge in [-0.2, -0.15) is 0 Å². The molecule has 0 spiro atoms. The summed E-state index contributed by atoms with van der Waals surface area (Å²) in [4.78, 5) is 0. The van der Waals surface area contributed by atoms with Crippen LogP contribution in [-0.2, 0) is 0 Å². The van der Waals surface area contributed by atoms with E-state index in [1.165, 1.54) is 0 Å². The minimum Gasteiger partial charge on any atom is -0.393 e. The zero-order valence-electron chi connectivity index (χ0n) is 5.52. The van der Waals surface area contributed by atoms with Crippen LogP contribution in [-0.4, -0.2) is 17.9 Å². The van der Waals surface area contributed by atoms with Crippen molar-refractivity contribution in [3.05, 3.63) is 12.7 Å². The highest BCUT2D eigenvalue weighted by Gasteiger charge is 2.01. The van der Waals surface area contributed by atoms with E-state index in [9.17, 15) is 4.39 Å². The summed E-state index contributed by atoms with van der Waals surface area (Å²) in [6.45, 7) is 3.15. The number of unbranched alkanes of at least 4 members (excludes halogenated alkanes) is 1. The Morgan fingerprint density at radius 1 is 1.67 bits per heavy atom. The van der Waals surface area contributed by atoms with E-state index in [4.69, 9.17) is 5.11 Å². The lowest BCUT2D eigenvalue weighted by atomic mass is 10.2. The van der Waals surface area contributed by atoms with Crippen molar-refractivity contribution in [3.63, 3.8) is 0 Å². The second-order valence-electron chi connectivity index (χ2n) is 2.00. The average Bonchev–Trinajstić information content (AvgIpc) is 1.89. The van der Waals surface area contributed by atoms with Gasteiger partial charge in [0.2, 0.25) is 0 Å². The largest absolute Gasteiger partial charge is 0.393 e. The van der Waals surface area contributed by atoms with E-state index in [1.807, 2.05) is 0 Å². The average molecular weight is 132 g/mol. The standard InChI is InChI=1S/C7H13FO/c1-2-3-4-5-7(8)6-9/h2,7,9H,1,3-6H2/t7-/m0/s1. The molecule has 0 saturated heterocycles. The number of aliphatic hydroxyl groups is 1. The Bertz CT molecular complexity index is 73.3. The molecule has 0 fully saturated rings. The van der Waals surface area contributed by atoms with Gasteiger partial charge in [-0.25, -0.2) is 4.39 Å². The van der Waals surface area contributed by atoms with E-state index < -0.39 is 6.17 Å². The summed E-state index contributed by atoms with van der Waals surface area (Å²) in [5.41, 5.74) is 0. The van der Waals surface area contributed by atoms with E-state index in [0.717, 1.165) is 12.8 Å². The highest BCUT2D eigenvalue weighted by atomic mass is 19.1. The van der Waals surface area contributed by atoms with E-state index in [2.05, 4.69) is 6.58 Å². The molecular weight excluding hydrogens is 119 g/mol. The number of allylic oxidation sites excluding steroid dienone is 1. The molecule has 0 aliphatic rings. The molecule has 0 rings (SSSR count). The van der Waals surface area contributed by atoms with E-state index in [-0.39, 0.29) is 6.61 Å². The Kier molecular flexibility index (Phi) is 5.52. The molecule has 1 atom stereocenters. The fourth-order valence-corrected chi connectivity index (χ4v) is 0.575. The third kappa shape index (κ3) is 5.50. The summed E-state index contributed by atoms with van der Waals surface area (Å²) in [5.74, 6) is 0. The van der Waals surface area contributed by atoms with Gasteiger partial charge >= 0.3 is 0 Å². The lowest BCUT2D eigenvalue weighted by molar-refractivity contribution is 0.168. The zero-order valence-corrected chi connectivity index (χ0v) is 5.52. The summed E-state index contributed by atoms with van der Waals surface area (Å²) in [5, 5.41) is 8.23. The second-order valence-corrected chi connectivity index (χ2v) is 2.00. The van der Waals surface area contributed by atoms with Crippen molar-refractivity contribution in [2.75, 3.05) is 6.61 Å². The minimum absolute atomic E-state index is 0.350. The first-order valence-corrected chi connectivity index (χ1v) is 3.17. The first-order valence-electron chi connectivity index (χ1n) is 3.17. The van der Waals surface area contributed by atoms with Crippen LogP contribution in [0.15, 0.2) is 12.7 Å². The quantitative estimate of drug-likeness (QED) is 0.445. The summed E-state index contributed by atoms with van der Waals surface area (Å²) in [6.07, 6.45) is 2.78. The smallest absolute Gasteiger partial charge is 0.123 e. The van der Waals surface area contributed by atoms with Gasteiger partial charge in [-0.05, 0) is 19.3 Å². The molecule has 54 valence electrons. The third-order valence-electron chi connectivity index (χ3n) is 1.12. The minimum atomic E-state index is -1.04. The van der Waals surface area contributed by atoms with Gasteiger partial charge in [-0.3, -0.25) is 0 Å². The first-order chi connectivity index (χ1) is 4.31. The van der Waals surface area contributed by atoms with Gasteiger partial charge in [0.05, 0.1) is 6.61 Å². The van der Waals surface area contributed by atoms with Crippen molar-refractivity contribution in [1.29, 1.82) is 0 Å². The lowest BCUT2D eigenvalue weighted by Crippen LogP contribution is -2.04. The molecule has 1 N–H and O–H groups in total. The second kappa shape index (κ2) is 5.76. The molecule has 0 bridgehead atoms. The van der Waals surface area contributed by atoms with Gasteiger partial charge in [0.1, 0.15) is 6.17 Å². The molecule has 0 unspecified atom stereocenters. The van der Waals surface area contributed by atoms with Crippen LogP contribution >= 0.6 is 0 Å². The Hall–Kier alpha value is -0.370. The Morgan fingerprint density at radius 2 is 2.33 bits per heavy atom. The summed E-state index contributed by atoms with van der Waals surface area (Å²) in [7, 11) is 0. The Balaban J connectivity index is 2.96. The summed E-state index contributed by atoms with van der Waals surface area (Å²) < 4.78 is 12.2. The molecule has 0 aliphatic heterocycles. The predicted molar refractivity (Wildman–Crippen MR) is 36.0 cm³/mol. The van der Waals surface area contributed by atoms with Crippen molar-refractivity contribution in [3.8, 4) is 0 Å². The molecule has 9 heavy (non-hydrogen) atoms. The number of halogens is 1. The molecule has 0 aromatic carbocycles. The fourth-order valence-electron chi connectivity index (χ4n) is 0.575. The molecule has 1 nitrogen and oxygen atoms in total. The van der Waals surface area contributed by atoms with E-state index in [0.29, 0.717) is 6.42 Å². The van der Waals surface area contributed by atoms with Crippen LogP contribution in [0, 0.1) is 0 Å². The first kappa shape index (κ1) is 8.63. The van der Waals surface area contributed by atoms with Crippen molar-refractivity contribution < 1.29 is 9.50 Å². The zero-order chi connectivity index (χ0) is 7.11. The van der Waals surface area contributed by atoms with Crippen LogP contribution in [0.4, 0.5) is 4.39 Å². The number of alkyl halides is 1. The van der Waals surface area contributed by atoms with Gasteiger partial charge < -0.3 is 5.11 Å². The maximum absolute atomic E-state index is 12.2. The van der Waals surface area contributed by atoms with Crippen LogP contribution in [0.25, 0.3) is 0 Å². The van der Waals surface area contributed by atoms with Gasteiger partial charge in [0.15, 0.2) is 0 Å². The topological polar surface area (TPSA) is 20.2 Å². The molecule has 0 aliphatic carbocycles. The normalized spacial score (nSPS) is 13.1. The molecule has 0 heterocycles. The van der Waals surface area contributed by atoms with Crippen LogP contribution in [0.1, 0.15) is 19.3 Å². The number of hydrogen-bond acceptors (Lipinski definition) is 1. The molecule has 2 heteroatoms.